The Kier molecular flexibility index (Phi) is 5.09. The molecule has 0 spiro atoms. The number of aryl methyl sites for hydroxylation is 1. The van der Waals surface area contributed by atoms with E-state index >= 15 is 0 Å². The van der Waals surface area contributed by atoms with E-state index in [-0.39, 0.29) is 11.9 Å². The van der Waals surface area contributed by atoms with Gasteiger partial charge in [-0.2, -0.15) is 0 Å². The van der Waals surface area contributed by atoms with E-state index in [1.165, 1.54) is 17.3 Å². The number of amides is 1. The molecule has 3 aromatic rings. The number of rotatable bonds is 6. The molecule has 5 nitrogen and oxygen atoms in total. The highest BCUT2D eigenvalue weighted by Crippen LogP contribution is 2.19. The molecule has 1 aromatic carbocycles. The highest BCUT2D eigenvalue weighted by molar-refractivity contribution is 8.00. The maximum Gasteiger partial charge on any atom is 0.322 e. The highest BCUT2D eigenvalue weighted by atomic mass is 32.2. The van der Waals surface area contributed by atoms with Crippen LogP contribution in [-0.4, -0.2) is 21.9 Å². The minimum absolute atomic E-state index is 0.145. The fourth-order valence-corrected chi connectivity index (χ4v) is 3.27. The van der Waals surface area contributed by atoms with Gasteiger partial charge < -0.3 is 4.42 Å². The maximum atomic E-state index is 11.9. The molecule has 0 fully saturated rings. The summed E-state index contributed by atoms with van der Waals surface area (Å²) in [6, 6.07) is 12.2. The van der Waals surface area contributed by atoms with Crippen LogP contribution >= 0.6 is 23.1 Å². The maximum absolute atomic E-state index is 11.9. The van der Waals surface area contributed by atoms with Crippen LogP contribution in [0.25, 0.3) is 0 Å². The van der Waals surface area contributed by atoms with Crippen LogP contribution < -0.4 is 5.32 Å². The first-order valence-corrected chi connectivity index (χ1v) is 8.89. The van der Waals surface area contributed by atoms with Gasteiger partial charge >= 0.3 is 6.01 Å². The Morgan fingerprint density at radius 3 is 2.83 bits per heavy atom. The van der Waals surface area contributed by atoms with Crippen molar-refractivity contribution in [1.29, 1.82) is 0 Å². The van der Waals surface area contributed by atoms with Crippen molar-refractivity contribution in [2.24, 2.45) is 0 Å². The smallest absolute Gasteiger partial charge is 0.322 e. The van der Waals surface area contributed by atoms with Gasteiger partial charge in [0.05, 0.1) is 12.2 Å². The van der Waals surface area contributed by atoms with E-state index in [9.17, 15) is 4.79 Å². The van der Waals surface area contributed by atoms with Crippen molar-refractivity contribution < 1.29 is 9.21 Å². The van der Waals surface area contributed by atoms with Crippen molar-refractivity contribution in [2.75, 3.05) is 11.1 Å². The third kappa shape index (κ3) is 4.67. The van der Waals surface area contributed by atoms with Gasteiger partial charge in [0.25, 0.3) is 0 Å². The van der Waals surface area contributed by atoms with Crippen molar-refractivity contribution in [3.05, 3.63) is 58.1 Å². The fraction of sp³-hybridized carbons (Fsp3) is 0.188. The number of hydrogen-bond donors (Lipinski definition) is 1. The molecule has 0 saturated carbocycles. The molecule has 0 atom stereocenters. The number of nitrogens with zero attached hydrogens (tertiary/aromatic N) is 2. The number of benzene rings is 1. The molecule has 0 unspecified atom stereocenters. The summed E-state index contributed by atoms with van der Waals surface area (Å²) in [7, 11) is 0. The van der Waals surface area contributed by atoms with E-state index in [0.717, 1.165) is 9.77 Å². The highest BCUT2D eigenvalue weighted by Gasteiger charge is 2.11. The number of thiophene rings is 1. The zero-order valence-corrected chi connectivity index (χ0v) is 14.1. The second-order valence-electron chi connectivity index (χ2n) is 4.91. The molecule has 0 aliphatic carbocycles. The van der Waals surface area contributed by atoms with Gasteiger partial charge in [-0.3, -0.25) is 10.1 Å². The summed E-state index contributed by atoms with van der Waals surface area (Å²) in [5, 5.41) is 12.4. The Morgan fingerprint density at radius 2 is 2.09 bits per heavy atom. The molecule has 118 valence electrons. The van der Waals surface area contributed by atoms with Crippen LogP contribution in [0.2, 0.25) is 0 Å². The van der Waals surface area contributed by atoms with E-state index in [2.05, 4.69) is 15.5 Å². The molecular formula is C16H15N3O2S2. The Hall–Kier alpha value is -2.12. The van der Waals surface area contributed by atoms with Gasteiger partial charge in [-0.15, -0.1) is 28.2 Å². The summed E-state index contributed by atoms with van der Waals surface area (Å²) in [5.74, 6) is 0.627. The summed E-state index contributed by atoms with van der Waals surface area (Å²) in [6.07, 6.45) is 0.582. The number of carbonyl (C=O) groups excluding carboxylic acids is 1. The summed E-state index contributed by atoms with van der Waals surface area (Å²) < 4.78 is 5.44. The summed E-state index contributed by atoms with van der Waals surface area (Å²) in [4.78, 5) is 14.1. The topological polar surface area (TPSA) is 68.0 Å². The Morgan fingerprint density at radius 1 is 1.26 bits per heavy atom. The average molecular weight is 345 g/mol. The monoisotopic (exact) mass is 345 g/mol. The molecule has 0 saturated heterocycles. The number of anilines is 1. The van der Waals surface area contributed by atoms with Crippen molar-refractivity contribution in [3.8, 4) is 0 Å². The number of aromatic nitrogens is 2. The van der Waals surface area contributed by atoms with E-state index in [1.807, 2.05) is 48.7 Å². The van der Waals surface area contributed by atoms with Gasteiger partial charge in [0, 0.05) is 9.77 Å². The number of hydrogen-bond acceptors (Lipinski definition) is 6. The van der Waals surface area contributed by atoms with Gasteiger partial charge in [0.2, 0.25) is 11.8 Å². The lowest BCUT2D eigenvalue weighted by Gasteiger charge is -2.01. The van der Waals surface area contributed by atoms with E-state index in [0.29, 0.717) is 18.1 Å². The van der Waals surface area contributed by atoms with Crippen LogP contribution in [0.3, 0.4) is 0 Å². The molecule has 2 aromatic heterocycles. The molecule has 0 bridgehead atoms. The standard InChI is InChI=1S/C16H15N3O2S2/c1-11-4-6-12(7-5-11)23-10-14(20)17-16-19-18-15(21-16)9-13-3-2-8-22-13/h2-8H,9-10H2,1H3,(H,17,19,20). The predicted octanol–water partition coefficient (Wildman–Crippen LogP) is 3.76. The molecule has 23 heavy (non-hydrogen) atoms. The number of nitrogens with one attached hydrogen (secondary N) is 1. The summed E-state index contributed by atoms with van der Waals surface area (Å²) in [6.45, 7) is 2.03. The third-order valence-corrected chi connectivity index (χ3v) is 4.90. The van der Waals surface area contributed by atoms with Gasteiger partial charge in [0.1, 0.15) is 0 Å². The molecule has 0 radical (unpaired) electrons. The number of thioether (sulfide) groups is 1. The fourth-order valence-electron chi connectivity index (χ4n) is 1.88. The molecule has 0 aliphatic heterocycles. The average Bonchev–Trinajstić information content (AvgIpc) is 3.19. The first kappa shape index (κ1) is 15.8. The lowest BCUT2D eigenvalue weighted by molar-refractivity contribution is -0.113. The zero-order chi connectivity index (χ0) is 16.1. The summed E-state index contributed by atoms with van der Waals surface area (Å²) >= 11 is 3.10. The van der Waals surface area contributed by atoms with Crippen molar-refractivity contribution in [2.45, 2.75) is 18.2 Å². The van der Waals surface area contributed by atoms with Gasteiger partial charge in [-0.1, -0.05) is 28.9 Å². The largest absolute Gasteiger partial charge is 0.407 e. The van der Waals surface area contributed by atoms with E-state index in [1.54, 1.807) is 11.3 Å². The first-order valence-electron chi connectivity index (χ1n) is 7.03. The SMILES string of the molecule is Cc1ccc(SCC(=O)Nc2nnc(Cc3cccs3)o2)cc1. The zero-order valence-electron chi connectivity index (χ0n) is 12.5. The van der Waals surface area contributed by atoms with Crippen LogP contribution in [0.1, 0.15) is 16.3 Å². The molecule has 3 rings (SSSR count). The normalized spacial score (nSPS) is 10.7. The molecule has 1 N–H and O–H groups in total. The van der Waals surface area contributed by atoms with Crippen molar-refractivity contribution >= 4 is 35.0 Å². The van der Waals surface area contributed by atoms with Crippen molar-refractivity contribution in [3.63, 3.8) is 0 Å². The second-order valence-corrected chi connectivity index (χ2v) is 6.99. The quantitative estimate of drug-likeness (QED) is 0.689. The van der Waals surface area contributed by atoms with Gasteiger partial charge in [0.15, 0.2) is 0 Å². The molecule has 1 amide bonds. The van der Waals surface area contributed by atoms with Crippen LogP contribution in [0, 0.1) is 6.92 Å². The Bertz CT molecular complexity index is 767. The molecular weight excluding hydrogens is 330 g/mol. The van der Waals surface area contributed by atoms with Crippen LogP contribution in [0.5, 0.6) is 0 Å². The van der Waals surface area contributed by atoms with E-state index < -0.39 is 0 Å². The van der Waals surface area contributed by atoms with Crippen LogP contribution in [0.15, 0.2) is 51.1 Å². The third-order valence-electron chi connectivity index (χ3n) is 3.01. The minimum Gasteiger partial charge on any atom is -0.407 e. The lowest BCUT2D eigenvalue weighted by atomic mass is 10.2. The van der Waals surface area contributed by atoms with Gasteiger partial charge in [-0.25, -0.2) is 0 Å². The number of carbonyl (C=O) groups is 1. The Labute approximate surface area is 142 Å². The van der Waals surface area contributed by atoms with Gasteiger partial charge in [-0.05, 0) is 30.5 Å². The van der Waals surface area contributed by atoms with Crippen LogP contribution in [0.4, 0.5) is 6.01 Å². The Balaban J connectivity index is 1.49. The molecule has 7 heteroatoms. The lowest BCUT2D eigenvalue weighted by Crippen LogP contribution is -2.14. The minimum atomic E-state index is -0.165. The second kappa shape index (κ2) is 7.43. The molecule has 2 heterocycles. The first-order chi connectivity index (χ1) is 11.2. The molecule has 0 aliphatic rings. The van der Waals surface area contributed by atoms with Crippen molar-refractivity contribution in [1.82, 2.24) is 10.2 Å². The predicted molar refractivity (Wildman–Crippen MR) is 92.0 cm³/mol. The summed E-state index contributed by atoms with van der Waals surface area (Å²) in [5.41, 5.74) is 1.20. The van der Waals surface area contributed by atoms with E-state index in [4.69, 9.17) is 4.42 Å². The van der Waals surface area contributed by atoms with Crippen LogP contribution in [-0.2, 0) is 11.2 Å².